The van der Waals surface area contributed by atoms with Crippen LogP contribution in [0, 0.1) is 17.0 Å². The number of carbonyl (C=O) groups is 5. The zero-order valence-electron chi connectivity index (χ0n) is 35.7. The maximum absolute atomic E-state index is 15.1. The van der Waals surface area contributed by atoms with Gasteiger partial charge >= 0.3 is 11.9 Å². The zero-order valence-corrected chi connectivity index (χ0v) is 35.7. The molecule has 0 saturated heterocycles. The molecule has 2 aromatic carbocycles. The number of benzene rings is 2. The van der Waals surface area contributed by atoms with E-state index >= 15 is 4.39 Å². The minimum atomic E-state index is -1.14. The number of ether oxygens (including phenoxy) is 2. The molecule has 0 radical (unpaired) electrons. The normalized spacial score (nSPS) is 13.5. The van der Waals surface area contributed by atoms with E-state index in [1.54, 1.807) is 53.8 Å². The molecule has 0 spiro atoms. The number of halogens is 2. The number of rotatable bonds is 18. The Bertz CT molecular complexity index is 1910. The number of amides is 3. The number of nitrogens with one attached hydrogen (secondary N) is 2. The van der Waals surface area contributed by atoms with Crippen LogP contribution in [0.25, 0.3) is 11.1 Å². The Morgan fingerprint density at radius 1 is 0.864 bits per heavy atom. The van der Waals surface area contributed by atoms with E-state index in [9.17, 15) is 33.5 Å². The van der Waals surface area contributed by atoms with Gasteiger partial charge in [0.15, 0.2) is 0 Å². The molecule has 3 amide bonds. The molecule has 0 unspecified atom stereocenters. The first-order valence-electron chi connectivity index (χ1n) is 19.8. The SMILES string of the molecule is CC(C)(C)OC(=O)CC[C@H](NC(=O)CCNC(=O)[C@@H](N)CCN(C(=O)CO)[C@@H](c1cc(-c2cc(F)ccc2F)cn1Cc1ccccc1)C(C)(C)C)C(=O)OC(C)(C)C. The largest absolute Gasteiger partial charge is 0.460 e. The highest BCUT2D eigenvalue weighted by atomic mass is 19.1. The zero-order chi connectivity index (χ0) is 44.3. The van der Waals surface area contributed by atoms with E-state index in [1.807, 2.05) is 55.7 Å². The first-order chi connectivity index (χ1) is 27.4. The van der Waals surface area contributed by atoms with Crippen LogP contribution in [-0.2, 0) is 40.0 Å². The fraction of sp³-hybridized carbons (Fsp3) is 0.523. The first-order valence-corrected chi connectivity index (χ1v) is 19.8. The second-order valence-electron chi connectivity index (χ2n) is 17.6. The number of nitrogens with two attached hydrogens (primary N) is 1. The maximum atomic E-state index is 15.1. The highest BCUT2D eigenvalue weighted by Gasteiger charge is 2.37. The van der Waals surface area contributed by atoms with Gasteiger partial charge in [0.2, 0.25) is 17.7 Å². The third kappa shape index (κ3) is 15.5. The van der Waals surface area contributed by atoms with Crippen LogP contribution in [0.1, 0.15) is 105 Å². The van der Waals surface area contributed by atoms with Gasteiger partial charge in [0.05, 0.1) is 12.1 Å². The Morgan fingerprint density at radius 3 is 2.10 bits per heavy atom. The summed E-state index contributed by atoms with van der Waals surface area (Å²) in [6, 6.07) is 11.4. The molecule has 5 N–H and O–H groups in total. The van der Waals surface area contributed by atoms with Crippen LogP contribution in [0.4, 0.5) is 8.78 Å². The molecule has 1 heterocycles. The third-order valence-corrected chi connectivity index (χ3v) is 8.99. The predicted molar refractivity (Wildman–Crippen MR) is 219 cm³/mol. The van der Waals surface area contributed by atoms with Gasteiger partial charge in [-0.3, -0.25) is 19.2 Å². The average molecular weight is 826 g/mol. The first kappa shape index (κ1) is 48.2. The van der Waals surface area contributed by atoms with E-state index in [1.165, 1.54) is 4.90 Å². The highest BCUT2D eigenvalue weighted by molar-refractivity contribution is 5.86. The van der Waals surface area contributed by atoms with Crippen LogP contribution in [0.2, 0.25) is 0 Å². The van der Waals surface area contributed by atoms with Gasteiger partial charge in [0.1, 0.15) is 35.5 Å². The maximum Gasteiger partial charge on any atom is 0.329 e. The van der Waals surface area contributed by atoms with Gasteiger partial charge in [0.25, 0.3) is 0 Å². The van der Waals surface area contributed by atoms with E-state index in [-0.39, 0.29) is 44.3 Å². The number of hydrogen-bond donors (Lipinski definition) is 4. The molecule has 3 aromatic rings. The van der Waals surface area contributed by atoms with E-state index < -0.39 is 82.6 Å². The van der Waals surface area contributed by atoms with Crippen LogP contribution >= 0.6 is 0 Å². The predicted octanol–water partition coefficient (Wildman–Crippen LogP) is 5.56. The molecule has 0 bridgehead atoms. The molecule has 0 aliphatic carbocycles. The summed E-state index contributed by atoms with van der Waals surface area (Å²) in [5.74, 6) is -4.32. The van der Waals surface area contributed by atoms with E-state index in [2.05, 4.69) is 10.6 Å². The van der Waals surface area contributed by atoms with Crippen molar-refractivity contribution in [3.05, 3.63) is 83.7 Å². The molecule has 3 rings (SSSR count). The molecule has 1 aromatic heterocycles. The van der Waals surface area contributed by atoms with Gasteiger partial charge in [-0.25, -0.2) is 13.6 Å². The van der Waals surface area contributed by atoms with Gasteiger partial charge in [0, 0.05) is 55.5 Å². The van der Waals surface area contributed by atoms with Crippen molar-refractivity contribution in [2.75, 3.05) is 19.7 Å². The van der Waals surface area contributed by atoms with Crippen LogP contribution in [0.5, 0.6) is 0 Å². The monoisotopic (exact) mass is 825 g/mol. The number of nitrogens with zero attached hydrogens (tertiary/aromatic N) is 2. The van der Waals surface area contributed by atoms with Crippen molar-refractivity contribution < 1.29 is 47.3 Å². The number of aliphatic hydroxyl groups excluding tert-OH is 1. The van der Waals surface area contributed by atoms with E-state index in [0.29, 0.717) is 17.8 Å². The van der Waals surface area contributed by atoms with E-state index in [0.717, 1.165) is 23.8 Å². The number of esters is 2. The summed E-state index contributed by atoms with van der Waals surface area (Å²) in [7, 11) is 0. The van der Waals surface area contributed by atoms with Crippen LogP contribution < -0.4 is 16.4 Å². The highest BCUT2D eigenvalue weighted by Crippen LogP contribution is 2.41. The van der Waals surface area contributed by atoms with Crippen molar-refractivity contribution in [2.45, 2.75) is 124 Å². The summed E-state index contributed by atoms with van der Waals surface area (Å²) in [6.07, 6.45) is 1.23. The van der Waals surface area contributed by atoms with Gasteiger partial charge < -0.3 is 40.4 Å². The summed E-state index contributed by atoms with van der Waals surface area (Å²) < 4.78 is 42.1. The fourth-order valence-corrected chi connectivity index (χ4v) is 6.48. The van der Waals surface area contributed by atoms with Gasteiger partial charge in [-0.2, -0.15) is 0 Å². The second kappa shape index (κ2) is 20.7. The van der Waals surface area contributed by atoms with E-state index in [4.69, 9.17) is 15.2 Å². The van der Waals surface area contributed by atoms with Crippen molar-refractivity contribution in [2.24, 2.45) is 11.1 Å². The number of hydrogen-bond acceptors (Lipinski definition) is 9. The lowest BCUT2D eigenvalue weighted by Crippen LogP contribution is -2.48. The summed E-state index contributed by atoms with van der Waals surface area (Å²) in [6.45, 7) is 15.2. The van der Waals surface area contributed by atoms with Crippen molar-refractivity contribution in [3.8, 4) is 11.1 Å². The summed E-state index contributed by atoms with van der Waals surface area (Å²) in [5, 5.41) is 15.3. The Labute approximate surface area is 346 Å². The Hall–Kier alpha value is -5.15. The Morgan fingerprint density at radius 2 is 1.51 bits per heavy atom. The molecule has 0 aliphatic rings. The standard InChI is InChI=1S/C44H61F2N5O8/c1-42(2,3)39(35-23-29(31-24-30(45)15-16-32(31)46)26-50(35)25-28-13-11-10-12-14-28)51(37(54)27-52)22-20-33(47)40(56)48-21-19-36(53)49-34(41(57)59-44(7,8)9)17-18-38(55)58-43(4,5)6/h10-16,23-24,26,33-34,39,52H,17-22,25,27,47H2,1-9H3,(H,48,56)(H,49,53)/t33-,34-,39-/m0/s1. The molecular formula is C44H61F2N5O8. The Balaban J connectivity index is 1.76. The molecule has 0 saturated carbocycles. The lowest BCUT2D eigenvalue weighted by Gasteiger charge is -2.41. The average Bonchev–Trinajstić information content (AvgIpc) is 3.52. The summed E-state index contributed by atoms with van der Waals surface area (Å²) >= 11 is 0. The lowest BCUT2D eigenvalue weighted by molar-refractivity contribution is -0.160. The smallest absolute Gasteiger partial charge is 0.329 e. The molecule has 0 fully saturated rings. The van der Waals surface area contributed by atoms with Crippen LogP contribution in [0.15, 0.2) is 60.8 Å². The second-order valence-corrected chi connectivity index (χ2v) is 17.6. The molecular weight excluding hydrogens is 765 g/mol. The minimum absolute atomic E-state index is 0.0352. The molecule has 324 valence electrons. The van der Waals surface area contributed by atoms with Crippen LogP contribution in [0.3, 0.4) is 0 Å². The molecule has 59 heavy (non-hydrogen) atoms. The van der Waals surface area contributed by atoms with Crippen molar-refractivity contribution in [1.29, 1.82) is 0 Å². The molecule has 3 atom stereocenters. The number of carbonyl (C=O) groups excluding carboxylic acids is 5. The van der Waals surface area contributed by atoms with Crippen molar-refractivity contribution >= 4 is 29.7 Å². The third-order valence-electron chi connectivity index (χ3n) is 8.99. The van der Waals surface area contributed by atoms with Gasteiger partial charge in [-0.05, 0) is 89.6 Å². The minimum Gasteiger partial charge on any atom is -0.460 e. The van der Waals surface area contributed by atoms with Gasteiger partial charge in [-0.1, -0.05) is 51.1 Å². The van der Waals surface area contributed by atoms with Crippen molar-refractivity contribution in [3.63, 3.8) is 0 Å². The molecule has 15 heteroatoms. The quantitative estimate of drug-likeness (QED) is 0.119. The van der Waals surface area contributed by atoms with Gasteiger partial charge in [-0.15, -0.1) is 0 Å². The molecule has 0 aliphatic heterocycles. The lowest BCUT2D eigenvalue weighted by atomic mass is 9.82. The topological polar surface area (TPSA) is 182 Å². The summed E-state index contributed by atoms with van der Waals surface area (Å²) in [4.78, 5) is 66.3. The summed E-state index contributed by atoms with van der Waals surface area (Å²) in [5.41, 5.74) is 5.97. The number of aliphatic hydroxyl groups is 1. The molecule has 13 nitrogen and oxygen atoms in total. The van der Waals surface area contributed by atoms with Crippen LogP contribution in [-0.4, -0.2) is 87.2 Å². The van der Waals surface area contributed by atoms with Crippen molar-refractivity contribution in [1.82, 2.24) is 20.1 Å². The number of aromatic nitrogens is 1. The fourth-order valence-electron chi connectivity index (χ4n) is 6.48. The Kier molecular flexibility index (Phi) is 16.9.